The number of unbranched alkanes of at least 4 members (excludes halogenated alkanes) is 7. The Bertz CT molecular complexity index is 287. The summed E-state index contributed by atoms with van der Waals surface area (Å²) in [7, 11) is 0. The first kappa shape index (κ1) is 19.9. The molecule has 1 atom stereocenters. The molecule has 0 heterocycles. The molecule has 0 spiro atoms. The molecule has 0 radical (unpaired) electrons. The molecule has 21 heavy (non-hydrogen) atoms. The molecule has 0 aromatic carbocycles. The lowest BCUT2D eigenvalue weighted by molar-refractivity contribution is -0.156. The van der Waals surface area contributed by atoms with E-state index in [2.05, 4.69) is 6.92 Å². The first-order valence-electron chi connectivity index (χ1n) is 8.39. The Morgan fingerprint density at radius 2 is 1.48 bits per heavy atom. The SMILES string of the molecule is CCCCCCCCCCC(CC(=O)O)C(=O)OC(C)C. The Kier molecular flexibility index (Phi) is 12.0. The van der Waals surface area contributed by atoms with Gasteiger partial charge in [-0.15, -0.1) is 0 Å². The molecule has 0 aromatic heterocycles. The van der Waals surface area contributed by atoms with Crippen molar-refractivity contribution in [1.29, 1.82) is 0 Å². The summed E-state index contributed by atoms with van der Waals surface area (Å²) in [4.78, 5) is 22.7. The predicted molar refractivity (Wildman–Crippen MR) is 84.2 cm³/mol. The van der Waals surface area contributed by atoms with Gasteiger partial charge in [-0.05, 0) is 20.3 Å². The molecule has 4 heteroatoms. The lowest BCUT2D eigenvalue weighted by Gasteiger charge is -2.16. The Labute approximate surface area is 129 Å². The number of hydrogen-bond acceptors (Lipinski definition) is 3. The number of rotatable bonds is 13. The van der Waals surface area contributed by atoms with E-state index >= 15 is 0 Å². The van der Waals surface area contributed by atoms with E-state index in [4.69, 9.17) is 9.84 Å². The summed E-state index contributed by atoms with van der Waals surface area (Å²) in [5.74, 6) is -1.79. The third-order valence-corrected chi connectivity index (χ3v) is 3.51. The fourth-order valence-electron chi connectivity index (χ4n) is 2.37. The Morgan fingerprint density at radius 1 is 0.952 bits per heavy atom. The van der Waals surface area contributed by atoms with Crippen LogP contribution in [0.25, 0.3) is 0 Å². The van der Waals surface area contributed by atoms with Gasteiger partial charge < -0.3 is 9.84 Å². The molecule has 0 bridgehead atoms. The molecule has 0 saturated carbocycles. The fraction of sp³-hybridized carbons (Fsp3) is 0.882. The summed E-state index contributed by atoms with van der Waals surface area (Å²) in [6, 6.07) is 0. The van der Waals surface area contributed by atoms with Gasteiger partial charge in [0.05, 0.1) is 18.4 Å². The highest BCUT2D eigenvalue weighted by Crippen LogP contribution is 2.18. The summed E-state index contributed by atoms with van der Waals surface area (Å²) in [6.45, 7) is 5.77. The second-order valence-electron chi connectivity index (χ2n) is 6.04. The van der Waals surface area contributed by atoms with E-state index in [1.165, 1.54) is 38.5 Å². The minimum absolute atomic E-state index is 0.123. The van der Waals surface area contributed by atoms with Gasteiger partial charge >= 0.3 is 11.9 Å². The first-order valence-corrected chi connectivity index (χ1v) is 8.39. The molecular formula is C17H32O4. The summed E-state index contributed by atoms with van der Waals surface area (Å²) in [5.41, 5.74) is 0. The van der Waals surface area contributed by atoms with Crippen LogP contribution in [0.1, 0.15) is 85.0 Å². The molecule has 0 aliphatic carbocycles. The summed E-state index contributed by atoms with van der Waals surface area (Å²) in [5, 5.41) is 8.88. The maximum absolute atomic E-state index is 11.8. The second kappa shape index (κ2) is 12.7. The molecule has 0 aromatic rings. The molecule has 124 valence electrons. The number of carboxylic acid groups (broad SMARTS) is 1. The van der Waals surface area contributed by atoms with Gasteiger partial charge in [0, 0.05) is 0 Å². The molecule has 1 unspecified atom stereocenters. The van der Waals surface area contributed by atoms with E-state index in [1.807, 2.05) is 0 Å². The van der Waals surface area contributed by atoms with Crippen LogP contribution in [0.15, 0.2) is 0 Å². The molecule has 0 aliphatic heterocycles. The van der Waals surface area contributed by atoms with Gasteiger partial charge in [-0.1, -0.05) is 58.3 Å². The van der Waals surface area contributed by atoms with Crippen LogP contribution in [0, 0.1) is 5.92 Å². The average Bonchev–Trinajstić information content (AvgIpc) is 2.39. The normalized spacial score (nSPS) is 12.4. The number of carboxylic acids is 1. The summed E-state index contributed by atoms with van der Waals surface area (Å²) < 4.78 is 5.13. The lowest BCUT2D eigenvalue weighted by atomic mass is 9.97. The molecular weight excluding hydrogens is 268 g/mol. The fourth-order valence-corrected chi connectivity index (χ4v) is 2.37. The Morgan fingerprint density at radius 3 is 1.95 bits per heavy atom. The maximum atomic E-state index is 11.8. The van der Waals surface area contributed by atoms with Crippen molar-refractivity contribution >= 4 is 11.9 Å². The van der Waals surface area contributed by atoms with Crippen molar-refractivity contribution in [3.63, 3.8) is 0 Å². The summed E-state index contributed by atoms with van der Waals surface area (Å²) >= 11 is 0. The zero-order valence-electron chi connectivity index (χ0n) is 13.9. The van der Waals surface area contributed by atoms with Crippen molar-refractivity contribution in [2.75, 3.05) is 0 Å². The van der Waals surface area contributed by atoms with Gasteiger partial charge in [0.25, 0.3) is 0 Å². The third kappa shape index (κ3) is 12.4. The number of hydrogen-bond donors (Lipinski definition) is 1. The molecule has 0 saturated heterocycles. The molecule has 4 nitrogen and oxygen atoms in total. The van der Waals surface area contributed by atoms with Crippen LogP contribution in [0.3, 0.4) is 0 Å². The van der Waals surface area contributed by atoms with Crippen LogP contribution >= 0.6 is 0 Å². The van der Waals surface area contributed by atoms with E-state index < -0.39 is 11.9 Å². The Balaban J connectivity index is 3.86. The zero-order valence-corrected chi connectivity index (χ0v) is 13.9. The van der Waals surface area contributed by atoms with Crippen molar-refractivity contribution in [2.24, 2.45) is 5.92 Å². The highest BCUT2D eigenvalue weighted by atomic mass is 16.5. The zero-order chi connectivity index (χ0) is 16.1. The topological polar surface area (TPSA) is 63.6 Å². The number of aliphatic carboxylic acids is 1. The van der Waals surface area contributed by atoms with E-state index in [0.29, 0.717) is 6.42 Å². The van der Waals surface area contributed by atoms with Crippen molar-refractivity contribution in [2.45, 2.75) is 91.1 Å². The quantitative estimate of drug-likeness (QED) is 0.400. The largest absolute Gasteiger partial charge is 0.481 e. The van der Waals surface area contributed by atoms with Gasteiger partial charge in [-0.2, -0.15) is 0 Å². The summed E-state index contributed by atoms with van der Waals surface area (Å²) in [6.07, 6.45) is 9.83. The minimum Gasteiger partial charge on any atom is -0.481 e. The predicted octanol–water partition coefficient (Wildman–Crippen LogP) is 4.56. The van der Waals surface area contributed by atoms with E-state index in [0.717, 1.165) is 12.8 Å². The first-order chi connectivity index (χ1) is 9.97. The van der Waals surface area contributed by atoms with Gasteiger partial charge in [0.1, 0.15) is 0 Å². The number of esters is 1. The van der Waals surface area contributed by atoms with E-state index in [9.17, 15) is 9.59 Å². The van der Waals surface area contributed by atoms with Gasteiger partial charge in [0.2, 0.25) is 0 Å². The van der Waals surface area contributed by atoms with Crippen molar-refractivity contribution in [3.05, 3.63) is 0 Å². The van der Waals surface area contributed by atoms with Crippen LogP contribution in [-0.2, 0) is 14.3 Å². The number of ether oxygens (including phenoxy) is 1. The van der Waals surface area contributed by atoms with Crippen molar-refractivity contribution in [1.82, 2.24) is 0 Å². The smallest absolute Gasteiger partial charge is 0.309 e. The molecule has 1 N–H and O–H groups in total. The van der Waals surface area contributed by atoms with Crippen LogP contribution in [0.2, 0.25) is 0 Å². The third-order valence-electron chi connectivity index (χ3n) is 3.51. The van der Waals surface area contributed by atoms with E-state index in [1.54, 1.807) is 13.8 Å². The molecule has 0 amide bonds. The van der Waals surface area contributed by atoms with Crippen LogP contribution < -0.4 is 0 Å². The van der Waals surface area contributed by atoms with Crippen molar-refractivity contribution < 1.29 is 19.4 Å². The monoisotopic (exact) mass is 300 g/mol. The second-order valence-corrected chi connectivity index (χ2v) is 6.04. The average molecular weight is 300 g/mol. The van der Waals surface area contributed by atoms with Gasteiger partial charge in [0.15, 0.2) is 0 Å². The standard InChI is InChI=1S/C17H32O4/c1-4-5-6-7-8-9-10-11-12-15(13-16(18)19)17(20)21-14(2)3/h14-15H,4-13H2,1-3H3,(H,18,19). The Hall–Kier alpha value is -1.06. The van der Waals surface area contributed by atoms with E-state index in [-0.39, 0.29) is 18.5 Å². The van der Waals surface area contributed by atoms with Crippen LogP contribution in [0.4, 0.5) is 0 Å². The van der Waals surface area contributed by atoms with Gasteiger partial charge in [-0.25, -0.2) is 0 Å². The lowest BCUT2D eigenvalue weighted by Crippen LogP contribution is -2.23. The maximum Gasteiger partial charge on any atom is 0.309 e. The van der Waals surface area contributed by atoms with Crippen LogP contribution in [-0.4, -0.2) is 23.1 Å². The highest BCUT2D eigenvalue weighted by Gasteiger charge is 2.23. The minimum atomic E-state index is -0.930. The number of carbonyl (C=O) groups is 2. The molecule has 0 rings (SSSR count). The van der Waals surface area contributed by atoms with Crippen molar-refractivity contribution in [3.8, 4) is 0 Å². The van der Waals surface area contributed by atoms with Crippen LogP contribution in [0.5, 0.6) is 0 Å². The highest BCUT2D eigenvalue weighted by molar-refractivity contribution is 5.79. The number of carbonyl (C=O) groups excluding carboxylic acids is 1. The molecule has 0 aliphatic rings. The van der Waals surface area contributed by atoms with Gasteiger partial charge in [-0.3, -0.25) is 9.59 Å². The molecule has 0 fully saturated rings.